The van der Waals surface area contributed by atoms with Crippen LogP contribution in [0.5, 0.6) is 0 Å². The first kappa shape index (κ1) is 12.5. The van der Waals surface area contributed by atoms with Crippen LogP contribution >= 0.6 is 0 Å². The van der Waals surface area contributed by atoms with E-state index in [2.05, 4.69) is 52.4 Å². The molecule has 0 atom stereocenters. The van der Waals surface area contributed by atoms with Gasteiger partial charge in [-0.15, -0.1) is 0 Å². The maximum absolute atomic E-state index is 4.45. The van der Waals surface area contributed by atoms with Gasteiger partial charge in [0.2, 0.25) is 0 Å². The van der Waals surface area contributed by atoms with Crippen LogP contribution in [0.3, 0.4) is 0 Å². The van der Waals surface area contributed by atoms with Gasteiger partial charge in [-0.25, -0.2) is 0 Å². The molecule has 98 valence electrons. The highest BCUT2D eigenvalue weighted by Gasteiger charge is 2.01. The summed E-state index contributed by atoms with van der Waals surface area (Å²) < 4.78 is 0. The Balaban J connectivity index is 1.91. The molecule has 0 fully saturated rings. The second-order valence-electron chi connectivity index (χ2n) is 4.99. The summed E-state index contributed by atoms with van der Waals surface area (Å²) in [6.07, 6.45) is 3.81. The number of rotatable bonds is 2. The van der Waals surface area contributed by atoms with E-state index in [1.807, 2.05) is 32.3 Å². The highest BCUT2D eigenvalue weighted by Crippen LogP contribution is 2.23. The zero-order valence-electron chi connectivity index (χ0n) is 11.7. The summed E-state index contributed by atoms with van der Waals surface area (Å²) in [5.41, 5.74) is 6.66. The molecule has 0 radical (unpaired) electrons. The normalized spacial score (nSPS) is 10.5. The molecule has 0 aliphatic rings. The van der Waals surface area contributed by atoms with Crippen LogP contribution in [-0.4, -0.2) is 9.97 Å². The molecule has 0 saturated heterocycles. The monoisotopic (exact) mass is 260 g/mol. The molecule has 0 aliphatic heterocycles. The quantitative estimate of drug-likeness (QED) is 0.681. The number of benzene rings is 1. The van der Waals surface area contributed by atoms with Gasteiger partial charge < -0.3 is 0 Å². The van der Waals surface area contributed by atoms with Gasteiger partial charge in [0, 0.05) is 29.2 Å². The Kier molecular flexibility index (Phi) is 3.30. The van der Waals surface area contributed by atoms with Crippen LogP contribution in [0.4, 0.5) is 0 Å². The molecule has 0 spiro atoms. The van der Waals surface area contributed by atoms with Gasteiger partial charge in [-0.3, -0.25) is 9.97 Å². The maximum atomic E-state index is 4.45. The van der Waals surface area contributed by atoms with Crippen LogP contribution in [0, 0.1) is 13.8 Å². The first-order chi connectivity index (χ1) is 9.72. The third kappa shape index (κ3) is 2.59. The van der Waals surface area contributed by atoms with Gasteiger partial charge in [0.15, 0.2) is 0 Å². The van der Waals surface area contributed by atoms with Crippen LogP contribution in [0.15, 0.2) is 60.9 Å². The summed E-state index contributed by atoms with van der Waals surface area (Å²) in [5, 5.41) is 0. The van der Waals surface area contributed by atoms with Crippen molar-refractivity contribution in [3.05, 3.63) is 72.2 Å². The fraction of sp³-hybridized carbons (Fsp3) is 0.111. The second-order valence-corrected chi connectivity index (χ2v) is 4.99. The van der Waals surface area contributed by atoms with Crippen LogP contribution in [0.25, 0.3) is 22.4 Å². The van der Waals surface area contributed by atoms with Crippen molar-refractivity contribution in [1.82, 2.24) is 9.97 Å². The molecule has 1 aromatic carbocycles. The number of hydrogen-bond donors (Lipinski definition) is 0. The van der Waals surface area contributed by atoms with Gasteiger partial charge in [0.25, 0.3) is 0 Å². The van der Waals surface area contributed by atoms with Crippen molar-refractivity contribution in [2.24, 2.45) is 0 Å². The lowest BCUT2D eigenvalue weighted by Gasteiger charge is -2.05. The molecule has 2 heterocycles. The van der Waals surface area contributed by atoms with E-state index in [-0.39, 0.29) is 0 Å². The summed E-state index contributed by atoms with van der Waals surface area (Å²) in [6, 6.07) is 16.7. The number of nitrogens with zero attached hydrogens (tertiary/aromatic N) is 2. The van der Waals surface area contributed by atoms with Gasteiger partial charge >= 0.3 is 0 Å². The van der Waals surface area contributed by atoms with Gasteiger partial charge in [0.1, 0.15) is 0 Å². The van der Waals surface area contributed by atoms with Gasteiger partial charge in [-0.2, -0.15) is 0 Å². The van der Waals surface area contributed by atoms with E-state index in [1.54, 1.807) is 0 Å². The van der Waals surface area contributed by atoms with Gasteiger partial charge in [-0.05, 0) is 37.1 Å². The van der Waals surface area contributed by atoms with Crippen molar-refractivity contribution in [1.29, 1.82) is 0 Å². The lowest BCUT2D eigenvalue weighted by molar-refractivity contribution is 1.20. The molecule has 3 aromatic rings. The lowest BCUT2D eigenvalue weighted by Crippen LogP contribution is -1.85. The number of aromatic nitrogens is 2. The molecular formula is C18H16N2. The molecule has 2 aromatic heterocycles. The molecule has 2 nitrogen and oxygen atoms in total. The standard InChI is InChI=1S/C18H16N2/c1-13-3-10-18(20-11-13)16-8-6-15(7-9-16)17-5-4-14(2)19-12-17/h3-12H,1-2H3. The molecule has 0 unspecified atom stereocenters. The van der Waals surface area contributed by atoms with Crippen molar-refractivity contribution < 1.29 is 0 Å². The summed E-state index contributed by atoms with van der Waals surface area (Å²) >= 11 is 0. The zero-order chi connectivity index (χ0) is 13.9. The second kappa shape index (κ2) is 5.25. The lowest BCUT2D eigenvalue weighted by atomic mass is 10.0. The Bertz CT molecular complexity index is 631. The molecular weight excluding hydrogens is 244 g/mol. The highest BCUT2D eigenvalue weighted by molar-refractivity contribution is 5.68. The summed E-state index contributed by atoms with van der Waals surface area (Å²) in [7, 11) is 0. The SMILES string of the molecule is Cc1ccc(-c2ccc(-c3ccc(C)nc3)cc2)nc1. The van der Waals surface area contributed by atoms with E-state index >= 15 is 0 Å². The topological polar surface area (TPSA) is 25.8 Å². The average Bonchev–Trinajstić information content (AvgIpc) is 2.49. The Hall–Kier alpha value is -2.48. The first-order valence-corrected chi connectivity index (χ1v) is 6.68. The van der Waals surface area contributed by atoms with E-state index in [1.165, 1.54) is 11.1 Å². The Labute approximate surface area is 119 Å². The Morgan fingerprint density at radius 3 is 1.90 bits per heavy atom. The van der Waals surface area contributed by atoms with Crippen molar-refractivity contribution in [3.63, 3.8) is 0 Å². The molecule has 0 aliphatic carbocycles. The molecule has 3 rings (SSSR count). The molecule has 0 amide bonds. The molecule has 0 saturated carbocycles. The predicted molar refractivity (Wildman–Crippen MR) is 82.4 cm³/mol. The Morgan fingerprint density at radius 2 is 1.30 bits per heavy atom. The fourth-order valence-corrected chi connectivity index (χ4v) is 2.11. The molecule has 20 heavy (non-hydrogen) atoms. The maximum Gasteiger partial charge on any atom is 0.0702 e. The van der Waals surface area contributed by atoms with E-state index in [0.29, 0.717) is 0 Å². The zero-order valence-corrected chi connectivity index (χ0v) is 11.7. The minimum atomic E-state index is 1.00. The van der Waals surface area contributed by atoms with Crippen molar-refractivity contribution in [2.45, 2.75) is 13.8 Å². The van der Waals surface area contributed by atoms with Crippen LogP contribution in [-0.2, 0) is 0 Å². The smallest absolute Gasteiger partial charge is 0.0702 e. The minimum absolute atomic E-state index is 1.00. The largest absolute Gasteiger partial charge is 0.261 e. The minimum Gasteiger partial charge on any atom is -0.261 e. The number of pyridine rings is 2. The molecule has 2 heteroatoms. The van der Waals surface area contributed by atoms with E-state index in [9.17, 15) is 0 Å². The number of hydrogen-bond acceptors (Lipinski definition) is 2. The third-order valence-corrected chi connectivity index (χ3v) is 3.34. The molecule has 0 bridgehead atoms. The Morgan fingerprint density at radius 1 is 0.600 bits per heavy atom. The van der Waals surface area contributed by atoms with Crippen molar-refractivity contribution in [3.8, 4) is 22.4 Å². The number of aryl methyl sites for hydroxylation is 2. The van der Waals surface area contributed by atoms with Gasteiger partial charge in [-0.1, -0.05) is 36.4 Å². The average molecular weight is 260 g/mol. The van der Waals surface area contributed by atoms with Crippen LogP contribution in [0.1, 0.15) is 11.3 Å². The van der Waals surface area contributed by atoms with E-state index in [0.717, 1.165) is 22.5 Å². The van der Waals surface area contributed by atoms with Gasteiger partial charge in [0.05, 0.1) is 5.69 Å². The highest BCUT2D eigenvalue weighted by atomic mass is 14.7. The molecule has 0 N–H and O–H groups in total. The van der Waals surface area contributed by atoms with Crippen molar-refractivity contribution >= 4 is 0 Å². The predicted octanol–water partition coefficient (Wildman–Crippen LogP) is 4.43. The third-order valence-electron chi connectivity index (χ3n) is 3.34. The summed E-state index contributed by atoms with van der Waals surface area (Å²) in [6.45, 7) is 4.04. The van der Waals surface area contributed by atoms with Crippen LogP contribution < -0.4 is 0 Å². The summed E-state index contributed by atoms with van der Waals surface area (Å²) in [4.78, 5) is 8.78. The first-order valence-electron chi connectivity index (χ1n) is 6.68. The fourth-order valence-electron chi connectivity index (χ4n) is 2.11. The van der Waals surface area contributed by atoms with E-state index in [4.69, 9.17) is 0 Å². The summed E-state index contributed by atoms with van der Waals surface area (Å²) in [5.74, 6) is 0. The van der Waals surface area contributed by atoms with Crippen LogP contribution in [0.2, 0.25) is 0 Å². The van der Waals surface area contributed by atoms with Crippen molar-refractivity contribution in [2.75, 3.05) is 0 Å². The van der Waals surface area contributed by atoms with E-state index < -0.39 is 0 Å².